The molecule has 0 aliphatic carbocycles. The van der Waals surface area contributed by atoms with Crippen LogP contribution >= 0.6 is 23.1 Å². The molecule has 7 nitrogen and oxygen atoms in total. The SMILES string of the molecule is Cc1nnc(SCC(=O)Nc2c(C#N)c(C)c(C)n2Cc2ccco2)s1. The van der Waals surface area contributed by atoms with Crippen molar-refractivity contribution < 1.29 is 9.21 Å². The lowest BCUT2D eigenvalue weighted by Gasteiger charge is -2.11. The third-order valence-corrected chi connectivity index (χ3v) is 5.90. The van der Waals surface area contributed by atoms with E-state index in [9.17, 15) is 10.1 Å². The molecule has 0 saturated heterocycles. The van der Waals surface area contributed by atoms with Crippen LogP contribution in [-0.4, -0.2) is 26.4 Å². The van der Waals surface area contributed by atoms with Crippen molar-refractivity contribution in [2.75, 3.05) is 11.1 Å². The zero-order valence-corrected chi connectivity index (χ0v) is 16.2. The molecule has 0 atom stereocenters. The molecule has 3 rings (SSSR count). The smallest absolute Gasteiger partial charge is 0.235 e. The van der Waals surface area contributed by atoms with Gasteiger partial charge in [0, 0.05) is 5.69 Å². The fourth-order valence-corrected chi connectivity index (χ4v) is 4.13. The van der Waals surface area contributed by atoms with E-state index < -0.39 is 0 Å². The van der Waals surface area contributed by atoms with Gasteiger partial charge in [-0.1, -0.05) is 23.1 Å². The Bertz CT molecular complexity index is 966. The summed E-state index contributed by atoms with van der Waals surface area (Å²) in [4.78, 5) is 12.4. The van der Waals surface area contributed by atoms with E-state index in [1.807, 2.05) is 37.5 Å². The molecule has 1 amide bonds. The number of hydrogen-bond acceptors (Lipinski definition) is 7. The van der Waals surface area contributed by atoms with E-state index in [2.05, 4.69) is 21.6 Å². The van der Waals surface area contributed by atoms with Crippen LogP contribution in [-0.2, 0) is 11.3 Å². The van der Waals surface area contributed by atoms with E-state index in [-0.39, 0.29) is 11.7 Å². The molecule has 0 spiro atoms. The van der Waals surface area contributed by atoms with Crippen molar-refractivity contribution >= 4 is 34.8 Å². The highest BCUT2D eigenvalue weighted by Crippen LogP contribution is 2.28. The fourth-order valence-electron chi connectivity index (χ4n) is 2.52. The summed E-state index contributed by atoms with van der Waals surface area (Å²) in [6, 6.07) is 5.87. The van der Waals surface area contributed by atoms with E-state index in [1.54, 1.807) is 6.26 Å². The number of nitriles is 1. The first-order chi connectivity index (χ1) is 12.5. The van der Waals surface area contributed by atoms with Crippen LogP contribution in [0.15, 0.2) is 27.2 Å². The summed E-state index contributed by atoms with van der Waals surface area (Å²) in [5, 5.41) is 21.2. The van der Waals surface area contributed by atoms with Gasteiger partial charge < -0.3 is 14.3 Å². The topological polar surface area (TPSA) is 96.7 Å². The third kappa shape index (κ3) is 3.81. The number of thioether (sulfide) groups is 1. The van der Waals surface area contributed by atoms with Gasteiger partial charge in [0.25, 0.3) is 0 Å². The van der Waals surface area contributed by atoms with Gasteiger partial charge in [0.05, 0.1) is 24.1 Å². The fraction of sp³-hybridized carbons (Fsp3) is 0.294. The maximum absolute atomic E-state index is 12.4. The predicted molar refractivity (Wildman–Crippen MR) is 100 cm³/mol. The van der Waals surface area contributed by atoms with Crippen LogP contribution in [0.3, 0.4) is 0 Å². The standard InChI is InChI=1S/C17H17N5O2S2/c1-10-11(2)22(8-13-5-4-6-24-13)16(14(10)7-18)19-15(23)9-25-17-21-20-12(3)26-17/h4-6H,8-9H2,1-3H3,(H,19,23). The number of carbonyl (C=O) groups excluding carboxylic acids is 1. The molecular formula is C17H17N5O2S2. The van der Waals surface area contributed by atoms with Crippen LogP contribution in [0.5, 0.6) is 0 Å². The lowest BCUT2D eigenvalue weighted by atomic mass is 10.2. The van der Waals surface area contributed by atoms with Gasteiger partial charge in [-0.25, -0.2) is 0 Å². The van der Waals surface area contributed by atoms with Gasteiger partial charge in [-0.3, -0.25) is 4.79 Å². The Morgan fingerprint density at radius 3 is 2.85 bits per heavy atom. The summed E-state index contributed by atoms with van der Waals surface area (Å²) < 4.78 is 8.05. The number of aromatic nitrogens is 3. The zero-order chi connectivity index (χ0) is 18.7. The van der Waals surface area contributed by atoms with E-state index in [1.165, 1.54) is 23.1 Å². The van der Waals surface area contributed by atoms with Crippen molar-refractivity contribution in [2.24, 2.45) is 0 Å². The van der Waals surface area contributed by atoms with E-state index >= 15 is 0 Å². The molecule has 3 aromatic heterocycles. The highest BCUT2D eigenvalue weighted by atomic mass is 32.2. The molecule has 0 fully saturated rings. The molecule has 134 valence electrons. The molecule has 0 aromatic carbocycles. The van der Waals surface area contributed by atoms with Gasteiger partial charge in [0.1, 0.15) is 22.7 Å². The Morgan fingerprint density at radius 2 is 2.23 bits per heavy atom. The lowest BCUT2D eigenvalue weighted by Crippen LogP contribution is -2.18. The molecule has 0 radical (unpaired) electrons. The number of anilines is 1. The summed E-state index contributed by atoms with van der Waals surface area (Å²) in [6.07, 6.45) is 1.60. The Kier molecular flexibility index (Phi) is 5.44. The number of rotatable bonds is 6. The highest BCUT2D eigenvalue weighted by Gasteiger charge is 2.20. The number of aryl methyl sites for hydroxylation is 1. The number of nitrogens with zero attached hydrogens (tertiary/aromatic N) is 4. The van der Waals surface area contributed by atoms with Crippen LogP contribution < -0.4 is 5.32 Å². The quantitative estimate of drug-likeness (QED) is 0.650. The minimum atomic E-state index is -0.197. The Hall–Kier alpha value is -2.57. The van der Waals surface area contributed by atoms with Crippen molar-refractivity contribution in [3.8, 4) is 6.07 Å². The van der Waals surface area contributed by atoms with E-state index in [0.29, 0.717) is 17.9 Å². The Labute approximate surface area is 159 Å². The molecule has 26 heavy (non-hydrogen) atoms. The number of hydrogen-bond donors (Lipinski definition) is 1. The summed E-state index contributed by atoms with van der Waals surface area (Å²) >= 11 is 2.77. The first-order valence-electron chi connectivity index (χ1n) is 7.84. The van der Waals surface area contributed by atoms with Crippen molar-refractivity contribution in [1.29, 1.82) is 5.26 Å². The Balaban J connectivity index is 1.80. The first kappa shape index (κ1) is 18.2. The third-order valence-electron chi connectivity index (χ3n) is 3.93. The first-order valence-corrected chi connectivity index (χ1v) is 9.64. The van der Waals surface area contributed by atoms with Crippen molar-refractivity contribution in [3.05, 3.63) is 46.0 Å². The van der Waals surface area contributed by atoms with Crippen LogP contribution in [0.2, 0.25) is 0 Å². The number of carbonyl (C=O) groups is 1. The summed E-state index contributed by atoms with van der Waals surface area (Å²) in [6.45, 7) is 6.11. The van der Waals surface area contributed by atoms with Crippen LogP contribution in [0, 0.1) is 32.1 Å². The molecule has 0 unspecified atom stereocenters. The maximum Gasteiger partial charge on any atom is 0.235 e. The zero-order valence-electron chi connectivity index (χ0n) is 14.6. The molecule has 0 bridgehead atoms. The minimum Gasteiger partial charge on any atom is -0.467 e. The molecule has 0 saturated carbocycles. The Morgan fingerprint density at radius 1 is 1.42 bits per heavy atom. The predicted octanol–water partition coefficient (Wildman–Crippen LogP) is 3.51. The van der Waals surface area contributed by atoms with E-state index in [0.717, 1.165) is 26.4 Å². The van der Waals surface area contributed by atoms with Crippen molar-refractivity contribution in [2.45, 2.75) is 31.7 Å². The summed E-state index contributed by atoms with van der Waals surface area (Å²) in [7, 11) is 0. The van der Waals surface area contributed by atoms with Crippen LogP contribution in [0.1, 0.15) is 27.6 Å². The average molecular weight is 387 g/mol. The number of amides is 1. The second-order valence-corrected chi connectivity index (χ2v) is 8.04. The summed E-state index contributed by atoms with van der Waals surface area (Å²) in [5.41, 5.74) is 2.24. The van der Waals surface area contributed by atoms with Crippen LogP contribution in [0.25, 0.3) is 0 Å². The van der Waals surface area contributed by atoms with Gasteiger partial charge >= 0.3 is 0 Å². The molecule has 3 heterocycles. The van der Waals surface area contributed by atoms with Gasteiger partial charge in [-0.15, -0.1) is 10.2 Å². The van der Waals surface area contributed by atoms with Gasteiger partial charge in [-0.05, 0) is 38.5 Å². The van der Waals surface area contributed by atoms with Gasteiger partial charge in [-0.2, -0.15) is 5.26 Å². The van der Waals surface area contributed by atoms with Gasteiger partial charge in [0.2, 0.25) is 5.91 Å². The van der Waals surface area contributed by atoms with Crippen molar-refractivity contribution in [1.82, 2.24) is 14.8 Å². The molecule has 0 aliphatic heterocycles. The maximum atomic E-state index is 12.4. The normalized spacial score (nSPS) is 10.7. The second-order valence-electron chi connectivity index (χ2n) is 5.64. The van der Waals surface area contributed by atoms with Crippen molar-refractivity contribution in [3.63, 3.8) is 0 Å². The lowest BCUT2D eigenvalue weighted by molar-refractivity contribution is -0.113. The molecule has 0 aliphatic rings. The highest BCUT2D eigenvalue weighted by molar-refractivity contribution is 8.01. The molecular weight excluding hydrogens is 370 g/mol. The largest absolute Gasteiger partial charge is 0.467 e. The molecule has 3 aromatic rings. The summed E-state index contributed by atoms with van der Waals surface area (Å²) in [5.74, 6) is 1.25. The number of nitrogens with one attached hydrogen (secondary N) is 1. The van der Waals surface area contributed by atoms with Gasteiger partial charge in [0.15, 0.2) is 4.34 Å². The number of furan rings is 1. The minimum absolute atomic E-state index is 0.197. The molecule has 1 N–H and O–H groups in total. The molecule has 9 heteroatoms. The average Bonchev–Trinajstić information content (AvgIpc) is 3.32. The van der Waals surface area contributed by atoms with Crippen LogP contribution in [0.4, 0.5) is 5.82 Å². The van der Waals surface area contributed by atoms with E-state index in [4.69, 9.17) is 4.42 Å². The second kappa shape index (κ2) is 7.76. The monoisotopic (exact) mass is 387 g/mol.